The third kappa shape index (κ3) is 2.23. The molecule has 0 amide bonds. The van der Waals surface area contributed by atoms with Crippen molar-refractivity contribution in [2.45, 2.75) is 50.7 Å². The molecule has 0 aliphatic heterocycles. The maximum atomic E-state index is 6.48. The highest BCUT2D eigenvalue weighted by Gasteiger charge is 2.52. The van der Waals surface area contributed by atoms with E-state index in [4.69, 9.17) is 10.6 Å². The van der Waals surface area contributed by atoms with E-state index in [0.29, 0.717) is 6.61 Å². The first-order chi connectivity index (χ1) is 9.75. The summed E-state index contributed by atoms with van der Waals surface area (Å²) in [6, 6.07) is 8.21. The van der Waals surface area contributed by atoms with Gasteiger partial charge in [-0.2, -0.15) is 0 Å². The van der Waals surface area contributed by atoms with Gasteiger partial charge in [-0.1, -0.05) is 12.1 Å². The lowest BCUT2D eigenvalue weighted by Gasteiger charge is -2.56. The lowest BCUT2D eigenvalue weighted by atomic mass is 9.54. The van der Waals surface area contributed by atoms with Gasteiger partial charge in [-0.05, 0) is 74.0 Å². The average molecular weight is 273 g/mol. The van der Waals surface area contributed by atoms with E-state index in [1.54, 1.807) is 0 Å². The van der Waals surface area contributed by atoms with Gasteiger partial charge in [-0.25, -0.2) is 5.90 Å². The van der Waals surface area contributed by atoms with E-state index in [2.05, 4.69) is 17.0 Å². The number of ether oxygens (including phenoxy) is 1. The lowest BCUT2D eigenvalue weighted by molar-refractivity contribution is -0.107. The molecule has 1 aromatic carbocycles. The van der Waals surface area contributed by atoms with E-state index in [1.165, 1.54) is 38.5 Å². The summed E-state index contributed by atoms with van der Waals surface area (Å²) in [6.07, 6.45) is 8.17. The number of nitrogens with two attached hydrogens (primary N) is 1. The molecule has 4 fully saturated rings. The molecule has 1 aromatic rings. The molecule has 108 valence electrons. The second-order valence-electron chi connectivity index (χ2n) is 7.16. The number of benzene rings is 1. The van der Waals surface area contributed by atoms with Gasteiger partial charge < -0.3 is 4.74 Å². The molecule has 0 saturated heterocycles. The number of rotatable bonds is 4. The minimum absolute atomic E-state index is 0.140. The quantitative estimate of drug-likeness (QED) is 0.855. The van der Waals surface area contributed by atoms with Gasteiger partial charge >= 0.3 is 0 Å². The molecule has 4 saturated carbocycles. The standard InChI is InChI=1S/C17H23NO2/c18-19-11-12-1-3-16(4-2-12)20-17-8-13-5-14(9-17)7-15(6-13)10-17/h1-4,13-15H,5-11,18H2. The second-order valence-corrected chi connectivity index (χ2v) is 7.16. The van der Waals surface area contributed by atoms with E-state index in [-0.39, 0.29) is 5.60 Å². The van der Waals surface area contributed by atoms with Gasteiger partial charge in [0.05, 0.1) is 6.61 Å². The summed E-state index contributed by atoms with van der Waals surface area (Å²) in [5.41, 5.74) is 1.23. The summed E-state index contributed by atoms with van der Waals surface area (Å²) in [5.74, 6) is 8.88. The maximum absolute atomic E-state index is 6.48. The van der Waals surface area contributed by atoms with Crippen LogP contribution >= 0.6 is 0 Å². The molecular weight excluding hydrogens is 250 g/mol. The smallest absolute Gasteiger partial charge is 0.120 e. The first-order valence-corrected chi connectivity index (χ1v) is 7.84. The molecule has 4 aliphatic carbocycles. The van der Waals surface area contributed by atoms with Crippen molar-refractivity contribution in [1.29, 1.82) is 0 Å². The van der Waals surface area contributed by atoms with Crippen LogP contribution in [0.4, 0.5) is 0 Å². The van der Waals surface area contributed by atoms with Crippen LogP contribution in [0.3, 0.4) is 0 Å². The van der Waals surface area contributed by atoms with Gasteiger partial charge in [-0.3, -0.25) is 4.84 Å². The van der Waals surface area contributed by atoms with Crippen LogP contribution in [-0.2, 0) is 11.4 Å². The third-order valence-corrected chi connectivity index (χ3v) is 5.49. The zero-order valence-corrected chi connectivity index (χ0v) is 11.9. The Morgan fingerprint density at radius 2 is 1.50 bits per heavy atom. The molecule has 3 nitrogen and oxygen atoms in total. The zero-order chi connectivity index (χ0) is 13.6. The second kappa shape index (κ2) is 4.74. The first kappa shape index (κ1) is 12.7. The van der Waals surface area contributed by atoms with Crippen molar-refractivity contribution in [3.8, 4) is 5.75 Å². The van der Waals surface area contributed by atoms with Crippen LogP contribution in [-0.4, -0.2) is 5.60 Å². The lowest BCUT2D eigenvalue weighted by Crippen LogP contribution is -2.53. The van der Waals surface area contributed by atoms with Gasteiger partial charge in [-0.15, -0.1) is 0 Å². The number of hydrogen-bond donors (Lipinski definition) is 1. The molecule has 2 N–H and O–H groups in total. The molecule has 5 rings (SSSR count). The highest BCUT2D eigenvalue weighted by Crippen LogP contribution is 2.56. The topological polar surface area (TPSA) is 44.5 Å². The monoisotopic (exact) mass is 273 g/mol. The summed E-state index contributed by atoms with van der Waals surface area (Å²) in [4.78, 5) is 4.66. The summed E-state index contributed by atoms with van der Waals surface area (Å²) >= 11 is 0. The van der Waals surface area contributed by atoms with Crippen LogP contribution in [0.25, 0.3) is 0 Å². The van der Waals surface area contributed by atoms with Crippen molar-refractivity contribution < 1.29 is 9.57 Å². The van der Waals surface area contributed by atoms with Crippen LogP contribution in [0.2, 0.25) is 0 Å². The van der Waals surface area contributed by atoms with Crippen LogP contribution in [0, 0.1) is 17.8 Å². The fraction of sp³-hybridized carbons (Fsp3) is 0.647. The van der Waals surface area contributed by atoms with Crippen LogP contribution in [0.1, 0.15) is 44.1 Å². The van der Waals surface area contributed by atoms with Gasteiger partial charge in [0, 0.05) is 0 Å². The molecule has 0 spiro atoms. The van der Waals surface area contributed by atoms with E-state index >= 15 is 0 Å². The van der Waals surface area contributed by atoms with Crippen molar-refractivity contribution in [1.82, 2.24) is 0 Å². The summed E-state index contributed by atoms with van der Waals surface area (Å²) in [6.45, 7) is 0.456. The van der Waals surface area contributed by atoms with Gasteiger partial charge in [0.15, 0.2) is 0 Å². The Morgan fingerprint density at radius 3 is 2.00 bits per heavy atom. The molecule has 20 heavy (non-hydrogen) atoms. The van der Waals surface area contributed by atoms with Crippen molar-refractivity contribution in [3.63, 3.8) is 0 Å². The van der Waals surface area contributed by atoms with Crippen molar-refractivity contribution in [2.24, 2.45) is 23.7 Å². The molecule has 0 atom stereocenters. The van der Waals surface area contributed by atoms with E-state index in [9.17, 15) is 0 Å². The summed E-state index contributed by atoms with van der Waals surface area (Å²) in [5, 5.41) is 0. The summed E-state index contributed by atoms with van der Waals surface area (Å²) < 4.78 is 6.48. The van der Waals surface area contributed by atoms with E-state index in [0.717, 1.165) is 29.1 Å². The Labute approximate surface area is 120 Å². The van der Waals surface area contributed by atoms with E-state index < -0.39 is 0 Å². The predicted molar refractivity (Wildman–Crippen MR) is 76.9 cm³/mol. The molecule has 4 bridgehead atoms. The van der Waals surface area contributed by atoms with Gasteiger partial charge in [0.25, 0.3) is 0 Å². The molecule has 4 aliphatic rings. The van der Waals surface area contributed by atoms with Crippen LogP contribution in [0.5, 0.6) is 5.75 Å². The molecular formula is C17H23NO2. The Balaban J connectivity index is 1.50. The fourth-order valence-electron chi connectivity index (χ4n) is 5.16. The van der Waals surface area contributed by atoms with Crippen LogP contribution in [0.15, 0.2) is 24.3 Å². The highest BCUT2D eigenvalue weighted by atomic mass is 16.6. The molecule has 0 radical (unpaired) electrons. The van der Waals surface area contributed by atoms with Gasteiger partial charge in [0.1, 0.15) is 11.4 Å². The minimum atomic E-state index is 0.140. The van der Waals surface area contributed by atoms with Crippen molar-refractivity contribution in [3.05, 3.63) is 29.8 Å². The average Bonchev–Trinajstić information content (AvgIpc) is 2.39. The third-order valence-electron chi connectivity index (χ3n) is 5.49. The molecule has 0 heterocycles. The maximum Gasteiger partial charge on any atom is 0.120 e. The SMILES string of the molecule is NOCc1ccc(OC23CC4CC(CC(C4)C2)C3)cc1. The largest absolute Gasteiger partial charge is 0.487 e. The summed E-state index contributed by atoms with van der Waals surface area (Å²) in [7, 11) is 0. The predicted octanol–water partition coefficient (Wildman–Crippen LogP) is 3.42. The first-order valence-electron chi connectivity index (χ1n) is 7.84. The molecule has 0 unspecified atom stereocenters. The van der Waals surface area contributed by atoms with Crippen molar-refractivity contribution in [2.75, 3.05) is 0 Å². The highest BCUT2D eigenvalue weighted by molar-refractivity contribution is 5.28. The van der Waals surface area contributed by atoms with Crippen molar-refractivity contribution >= 4 is 0 Å². The molecule has 3 heteroatoms. The Hall–Kier alpha value is -1.06. The normalized spacial score (nSPS) is 38.1. The molecule has 0 aromatic heterocycles. The van der Waals surface area contributed by atoms with Gasteiger partial charge in [0.2, 0.25) is 0 Å². The zero-order valence-electron chi connectivity index (χ0n) is 11.9. The Morgan fingerprint density at radius 1 is 0.950 bits per heavy atom. The minimum Gasteiger partial charge on any atom is -0.487 e. The van der Waals surface area contributed by atoms with Crippen LogP contribution < -0.4 is 10.6 Å². The number of hydrogen-bond acceptors (Lipinski definition) is 3. The van der Waals surface area contributed by atoms with E-state index in [1.807, 2.05) is 12.1 Å². The Kier molecular flexibility index (Phi) is 3.00. The Bertz CT molecular complexity index is 447. The fourth-order valence-corrected chi connectivity index (χ4v) is 5.16.